The summed E-state index contributed by atoms with van der Waals surface area (Å²) in [6.07, 6.45) is 6.38. The number of H-pyrrole nitrogens is 1. The van der Waals surface area contributed by atoms with Crippen molar-refractivity contribution in [3.05, 3.63) is 23.7 Å². The average Bonchev–Trinajstić information content (AvgIpc) is 3.23. The van der Waals surface area contributed by atoms with Crippen molar-refractivity contribution in [2.75, 3.05) is 6.61 Å². The molecule has 1 aliphatic rings. The number of aromatic amines is 1. The fourth-order valence-electron chi connectivity index (χ4n) is 2.19. The molecule has 1 fully saturated rings. The smallest absolute Gasteiger partial charge is 0.255 e. The van der Waals surface area contributed by atoms with E-state index in [-0.39, 0.29) is 18.6 Å². The van der Waals surface area contributed by atoms with Gasteiger partial charge in [0.1, 0.15) is 5.52 Å². The molecule has 0 unspecified atom stereocenters. The fourth-order valence-corrected chi connectivity index (χ4v) is 2.19. The average molecular weight is 274 g/mol. The predicted octanol–water partition coefficient (Wildman–Crippen LogP) is 1.34. The summed E-state index contributed by atoms with van der Waals surface area (Å²) in [6.45, 7) is 1.85. The van der Waals surface area contributed by atoms with Gasteiger partial charge in [0, 0.05) is 12.1 Å². The second-order valence-corrected chi connectivity index (χ2v) is 5.23. The number of aliphatic hydroxyl groups excluding tert-OH is 1. The first-order valence-corrected chi connectivity index (χ1v) is 6.98. The van der Waals surface area contributed by atoms with Crippen LogP contribution in [0.5, 0.6) is 0 Å². The van der Waals surface area contributed by atoms with E-state index in [1.807, 2.05) is 6.92 Å². The maximum atomic E-state index is 12.2. The van der Waals surface area contributed by atoms with Crippen molar-refractivity contribution in [3.63, 3.8) is 0 Å². The molecule has 2 aromatic heterocycles. The van der Waals surface area contributed by atoms with Crippen molar-refractivity contribution >= 4 is 17.1 Å². The Bertz CT molecular complexity index is 629. The number of rotatable bonds is 5. The summed E-state index contributed by atoms with van der Waals surface area (Å²) >= 11 is 0. The maximum absolute atomic E-state index is 12.2. The number of fused-ring (bicyclic) bond motifs is 1. The molecule has 20 heavy (non-hydrogen) atoms. The van der Waals surface area contributed by atoms with E-state index in [0.717, 1.165) is 18.5 Å². The highest BCUT2D eigenvalue weighted by atomic mass is 16.3. The van der Waals surface area contributed by atoms with Gasteiger partial charge in [-0.25, -0.2) is 9.97 Å². The highest BCUT2D eigenvalue weighted by Gasteiger charge is 2.26. The van der Waals surface area contributed by atoms with E-state index in [1.54, 1.807) is 12.4 Å². The van der Waals surface area contributed by atoms with Gasteiger partial charge in [-0.15, -0.1) is 0 Å². The zero-order chi connectivity index (χ0) is 14.1. The molecule has 0 saturated heterocycles. The van der Waals surface area contributed by atoms with E-state index < -0.39 is 0 Å². The molecular weight excluding hydrogens is 256 g/mol. The Balaban J connectivity index is 1.90. The molecule has 1 atom stereocenters. The van der Waals surface area contributed by atoms with Gasteiger partial charge < -0.3 is 15.4 Å². The van der Waals surface area contributed by atoms with Gasteiger partial charge in [0.25, 0.3) is 5.91 Å². The molecule has 6 nitrogen and oxygen atoms in total. The van der Waals surface area contributed by atoms with Crippen LogP contribution in [-0.4, -0.2) is 38.6 Å². The highest BCUT2D eigenvalue weighted by molar-refractivity contribution is 6.04. The molecule has 0 spiro atoms. The molecule has 1 aliphatic carbocycles. The monoisotopic (exact) mass is 274 g/mol. The summed E-state index contributed by atoms with van der Waals surface area (Å²) in [6, 6.07) is -0.230. The fraction of sp³-hybridized carbons (Fsp3) is 0.500. The first kappa shape index (κ1) is 13.1. The number of hydrogen-bond donors (Lipinski definition) is 3. The number of aliphatic hydroxyl groups is 1. The van der Waals surface area contributed by atoms with Crippen LogP contribution in [0.15, 0.2) is 12.4 Å². The number of carbonyl (C=O) groups excluding carboxylic acids is 1. The van der Waals surface area contributed by atoms with Gasteiger partial charge in [-0.2, -0.15) is 0 Å². The summed E-state index contributed by atoms with van der Waals surface area (Å²) in [5.74, 6) is 0.276. The molecule has 2 heterocycles. The van der Waals surface area contributed by atoms with Gasteiger partial charge in [0.15, 0.2) is 5.65 Å². The quantitative estimate of drug-likeness (QED) is 0.767. The number of hydrogen-bond acceptors (Lipinski definition) is 4. The first-order valence-electron chi connectivity index (χ1n) is 6.98. The lowest BCUT2D eigenvalue weighted by Crippen LogP contribution is -2.36. The van der Waals surface area contributed by atoms with Crippen LogP contribution in [0.25, 0.3) is 11.2 Å². The Morgan fingerprint density at radius 3 is 3.05 bits per heavy atom. The Hall–Kier alpha value is -1.95. The van der Waals surface area contributed by atoms with Gasteiger partial charge in [0.05, 0.1) is 30.1 Å². The Morgan fingerprint density at radius 2 is 2.40 bits per heavy atom. The Morgan fingerprint density at radius 1 is 1.60 bits per heavy atom. The molecule has 0 bridgehead atoms. The molecular formula is C14H18N4O2. The van der Waals surface area contributed by atoms with Crippen LogP contribution in [0.2, 0.25) is 0 Å². The lowest BCUT2D eigenvalue weighted by atomic mass is 10.2. The lowest BCUT2D eigenvalue weighted by Gasteiger charge is -2.13. The normalized spacial score (nSPS) is 16.3. The Kier molecular flexibility index (Phi) is 3.40. The summed E-state index contributed by atoms with van der Waals surface area (Å²) in [5, 5.41) is 12.0. The third kappa shape index (κ3) is 2.38. The zero-order valence-corrected chi connectivity index (χ0v) is 11.4. The first-order chi connectivity index (χ1) is 9.72. The summed E-state index contributed by atoms with van der Waals surface area (Å²) in [4.78, 5) is 24.1. The molecule has 0 radical (unpaired) electrons. The van der Waals surface area contributed by atoms with E-state index in [2.05, 4.69) is 20.3 Å². The van der Waals surface area contributed by atoms with Crippen LogP contribution in [-0.2, 0) is 0 Å². The molecule has 2 aromatic rings. The minimum atomic E-state index is -0.230. The van der Waals surface area contributed by atoms with Crippen LogP contribution >= 0.6 is 0 Å². The van der Waals surface area contributed by atoms with Crippen LogP contribution in [0, 0.1) is 0 Å². The molecule has 6 heteroatoms. The third-order valence-corrected chi connectivity index (χ3v) is 3.69. The second kappa shape index (κ2) is 5.20. The van der Waals surface area contributed by atoms with Crippen molar-refractivity contribution < 1.29 is 9.90 Å². The van der Waals surface area contributed by atoms with Crippen molar-refractivity contribution in [1.29, 1.82) is 0 Å². The third-order valence-electron chi connectivity index (χ3n) is 3.69. The topological polar surface area (TPSA) is 90.9 Å². The van der Waals surface area contributed by atoms with E-state index >= 15 is 0 Å². The SMILES string of the molecule is CC[C@@H](CO)NC(=O)c1c[nH]c2ncc(C3CC3)nc12. The number of nitrogens with one attached hydrogen (secondary N) is 2. The minimum Gasteiger partial charge on any atom is -0.394 e. The van der Waals surface area contributed by atoms with Crippen molar-refractivity contribution in [2.24, 2.45) is 0 Å². The minimum absolute atomic E-state index is 0.0659. The summed E-state index contributed by atoms with van der Waals surface area (Å²) < 4.78 is 0. The van der Waals surface area contributed by atoms with Crippen LogP contribution < -0.4 is 5.32 Å². The second-order valence-electron chi connectivity index (χ2n) is 5.23. The molecule has 1 amide bonds. The van der Waals surface area contributed by atoms with Gasteiger partial charge in [-0.3, -0.25) is 4.79 Å². The van der Waals surface area contributed by atoms with Crippen LogP contribution in [0.3, 0.4) is 0 Å². The molecule has 0 aromatic carbocycles. The highest BCUT2D eigenvalue weighted by Crippen LogP contribution is 2.39. The van der Waals surface area contributed by atoms with E-state index in [1.165, 1.54) is 0 Å². The largest absolute Gasteiger partial charge is 0.394 e. The zero-order valence-electron chi connectivity index (χ0n) is 11.4. The number of aromatic nitrogens is 3. The molecule has 0 aliphatic heterocycles. The van der Waals surface area contributed by atoms with Crippen molar-refractivity contribution in [2.45, 2.75) is 38.1 Å². The summed E-state index contributed by atoms with van der Waals surface area (Å²) in [7, 11) is 0. The van der Waals surface area contributed by atoms with Gasteiger partial charge >= 0.3 is 0 Å². The maximum Gasteiger partial charge on any atom is 0.255 e. The van der Waals surface area contributed by atoms with E-state index in [9.17, 15) is 4.79 Å². The Labute approximate surface area is 116 Å². The lowest BCUT2D eigenvalue weighted by molar-refractivity contribution is 0.0916. The van der Waals surface area contributed by atoms with Gasteiger partial charge in [-0.1, -0.05) is 6.92 Å². The van der Waals surface area contributed by atoms with Gasteiger partial charge in [-0.05, 0) is 19.3 Å². The van der Waals surface area contributed by atoms with Crippen LogP contribution in [0.4, 0.5) is 0 Å². The standard InChI is InChI=1S/C14H18N4O2/c1-2-9(7-19)17-14(20)10-5-15-13-12(10)18-11(6-16-13)8-3-4-8/h5-6,8-9,19H,2-4,7H2,1H3,(H,15,16)(H,17,20)/t9-/m0/s1. The predicted molar refractivity (Wildman–Crippen MR) is 74.5 cm³/mol. The molecule has 3 N–H and O–H groups in total. The summed E-state index contributed by atoms with van der Waals surface area (Å²) in [5.41, 5.74) is 2.68. The van der Waals surface area contributed by atoms with Crippen LogP contribution in [0.1, 0.15) is 48.2 Å². The van der Waals surface area contributed by atoms with Gasteiger partial charge in [0.2, 0.25) is 0 Å². The van der Waals surface area contributed by atoms with Crippen molar-refractivity contribution in [1.82, 2.24) is 20.3 Å². The van der Waals surface area contributed by atoms with E-state index in [0.29, 0.717) is 29.1 Å². The number of carbonyl (C=O) groups is 1. The van der Waals surface area contributed by atoms with E-state index in [4.69, 9.17) is 5.11 Å². The number of nitrogens with zero attached hydrogens (tertiary/aromatic N) is 2. The molecule has 1 saturated carbocycles. The number of amides is 1. The molecule has 106 valence electrons. The van der Waals surface area contributed by atoms with Crippen molar-refractivity contribution in [3.8, 4) is 0 Å². The molecule has 3 rings (SSSR count).